The summed E-state index contributed by atoms with van der Waals surface area (Å²) in [5, 5.41) is 9.68. The largest absolute Gasteiger partial charge is 0.444 e. The van der Waals surface area contributed by atoms with Gasteiger partial charge in [-0.2, -0.15) is 0 Å². The van der Waals surface area contributed by atoms with E-state index in [9.17, 15) is 9.90 Å². The summed E-state index contributed by atoms with van der Waals surface area (Å²) < 4.78 is 6.51. The number of benzene rings is 1. The number of likely N-dealkylation sites (tertiary alicyclic amines) is 1. The molecule has 2 aliphatic rings. The number of anilines is 1. The maximum atomic E-state index is 12.6. The normalized spacial score (nSPS) is 17.8. The lowest BCUT2D eigenvalue weighted by Crippen LogP contribution is -2.38. The summed E-state index contributed by atoms with van der Waals surface area (Å²) in [6.45, 7) is 16.4. The van der Waals surface area contributed by atoms with E-state index in [1.165, 1.54) is 11.3 Å². The number of carbonyl (C=O) groups is 1. The van der Waals surface area contributed by atoms with Crippen LogP contribution in [0.15, 0.2) is 24.5 Å². The number of carbonyl (C=O) groups excluding carboxylic acids is 1. The highest BCUT2D eigenvalue weighted by Crippen LogP contribution is 2.43. The SMILES string of the molecule is [C-]#[N+]c1cc2c(c(-c3ncnc4cc(CO)sc34)c1)N(CC1CCN(C(=O)OC(C)(C)C)C1)CCC2. The van der Waals surface area contributed by atoms with Gasteiger partial charge in [0.1, 0.15) is 11.9 Å². The molecular weight excluding hydrogens is 474 g/mol. The Morgan fingerprint density at radius 3 is 2.86 bits per heavy atom. The predicted octanol–water partition coefficient (Wildman–Crippen LogP) is 5.41. The molecule has 8 nitrogen and oxygen atoms in total. The van der Waals surface area contributed by atoms with E-state index in [4.69, 9.17) is 11.3 Å². The Kier molecular flexibility index (Phi) is 6.58. The Morgan fingerprint density at radius 1 is 1.28 bits per heavy atom. The van der Waals surface area contributed by atoms with Crippen molar-refractivity contribution < 1.29 is 14.6 Å². The fourth-order valence-corrected chi connectivity index (χ4v) is 6.17. The molecule has 4 heterocycles. The summed E-state index contributed by atoms with van der Waals surface area (Å²) in [7, 11) is 0. The fraction of sp³-hybridized carbons (Fsp3) is 0.481. The molecule has 1 saturated heterocycles. The van der Waals surface area contributed by atoms with Crippen LogP contribution in [-0.2, 0) is 17.8 Å². The van der Waals surface area contributed by atoms with Crippen molar-refractivity contribution in [1.29, 1.82) is 0 Å². The van der Waals surface area contributed by atoms with Crippen LogP contribution in [-0.4, -0.2) is 57.8 Å². The molecule has 0 radical (unpaired) electrons. The lowest BCUT2D eigenvalue weighted by molar-refractivity contribution is 0.0288. The van der Waals surface area contributed by atoms with Crippen molar-refractivity contribution in [1.82, 2.24) is 14.9 Å². The van der Waals surface area contributed by atoms with Crippen molar-refractivity contribution in [3.8, 4) is 11.3 Å². The number of aromatic nitrogens is 2. The van der Waals surface area contributed by atoms with Gasteiger partial charge in [-0.1, -0.05) is 6.07 Å². The predicted molar refractivity (Wildman–Crippen MR) is 141 cm³/mol. The molecule has 2 aliphatic heterocycles. The van der Waals surface area contributed by atoms with E-state index in [2.05, 4.69) is 19.7 Å². The average Bonchev–Trinajstić information content (AvgIpc) is 3.49. The van der Waals surface area contributed by atoms with Gasteiger partial charge in [0.25, 0.3) is 0 Å². The van der Waals surface area contributed by atoms with Gasteiger partial charge in [0.05, 0.1) is 29.1 Å². The van der Waals surface area contributed by atoms with E-state index in [1.807, 2.05) is 43.9 Å². The van der Waals surface area contributed by atoms with Gasteiger partial charge in [0.2, 0.25) is 0 Å². The van der Waals surface area contributed by atoms with E-state index in [-0.39, 0.29) is 12.7 Å². The molecule has 1 atom stereocenters. The van der Waals surface area contributed by atoms with Crippen LogP contribution in [0.25, 0.3) is 26.3 Å². The number of ether oxygens (including phenoxy) is 1. The number of rotatable bonds is 4. The van der Waals surface area contributed by atoms with Crippen molar-refractivity contribution in [2.75, 3.05) is 31.1 Å². The van der Waals surface area contributed by atoms with Crippen LogP contribution in [0.1, 0.15) is 44.1 Å². The van der Waals surface area contributed by atoms with E-state index < -0.39 is 5.60 Å². The highest BCUT2D eigenvalue weighted by molar-refractivity contribution is 7.19. The minimum atomic E-state index is -0.503. The Hall–Kier alpha value is -3.22. The standard InChI is InChI=1S/C27H31N5O3S/c1-27(2,3)35-26(34)32-9-7-17(14-32)13-31-8-5-6-18-10-19(28-4)11-21(24(18)31)23-25-22(29-16-30-23)12-20(15-33)36-25/h10-12,16-17,33H,5-9,13-15H2,1-3H3. The third kappa shape index (κ3) is 4.88. The Balaban J connectivity index is 1.48. The zero-order valence-corrected chi connectivity index (χ0v) is 21.8. The fourth-order valence-electron chi connectivity index (χ4n) is 5.20. The summed E-state index contributed by atoms with van der Waals surface area (Å²) in [5.41, 5.74) is 4.95. The maximum absolute atomic E-state index is 12.6. The number of hydrogen-bond donors (Lipinski definition) is 1. The van der Waals surface area contributed by atoms with Crippen molar-refractivity contribution in [2.24, 2.45) is 5.92 Å². The van der Waals surface area contributed by atoms with Gasteiger partial charge in [-0.25, -0.2) is 19.6 Å². The van der Waals surface area contributed by atoms with Gasteiger partial charge < -0.3 is 19.6 Å². The van der Waals surface area contributed by atoms with Crippen LogP contribution >= 0.6 is 11.3 Å². The minimum absolute atomic E-state index is 0.0391. The zero-order valence-electron chi connectivity index (χ0n) is 21.0. The van der Waals surface area contributed by atoms with Crippen LogP contribution in [0.3, 0.4) is 0 Å². The van der Waals surface area contributed by atoms with Gasteiger partial charge in [0.15, 0.2) is 5.69 Å². The third-order valence-corrected chi connectivity index (χ3v) is 7.80. The van der Waals surface area contributed by atoms with Gasteiger partial charge >= 0.3 is 6.09 Å². The van der Waals surface area contributed by atoms with Crippen LogP contribution < -0.4 is 4.90 Å². The lowest BCUT2D eigenvalue weighted by atomic mass is 9.93. The van der Waals surface area contributed by atoms with Crippen molar-refractivity contribution >= 4 is 39.0 Å². The second-order valence-electron chi connectivity index (χ2n) is 10.6. The molecule has 1 amide bonds. The number of aliphatic hydroxyl groups excluding tert-OH is 1. The van der Waals surface area contributed by atoms with E-state index in [0.29, 0.717) is 24.7 Å². The van der Waals surface area contributed by atoms with Crippen LogP contribution in [0.2, 0.25) is 0 Å². The van der Waals surface area contributed by atoms with E-state index >= 15 is 0 Å². The number of aliphatic hydroxyl groups is 1. The summed E-state index contributed by atoms with van der Waals surface area (Å²) in [6, 6.07) is 5.84. The summed E-state index contributed by atoms with van der Waals surface area (Å²) in [5.74, 6) is 0.338. The number of hydrogen-bond acceptors (Lipinski definition) is 7. The minimum Gasteiger partial charge on any atom is -0.444 e. The Morgan fingerprint density at radius 2 is 2.11 bits per heavy atom. The molecule has 1 fully saturated rings. The van der Waals surface area contributed by atoms with Crippen LogP contribution in [0.5, 0.6) is 0 Å². The topological polar surface area (TPSA) is 83.2 Å². The number of amides is 1. The van der Waals surface area contributed by atoms with Crippen molar-refractivity contribution in [3.05, 3.63) is 46.4 Å². The first kappa shape index (κ1) is 24.5. The molecule has 36 heavy (non-hydrogen) atoms. The number of nitrogens with zero attached hydrogens (tertiary/aromatic N) is 5. The highest BCUT2D eigenvalue weighted by Gasteiger charge is 2.32. The maximum Gasteiger partial charge on any atom is 0.410 e. The molecule has 0 spiro atoms. The van der Waals surface area contributed by atoms with E-state index in [0.717, 1.165) is 70.0 Å². The smallest absolute Gasteiger partial charge is 0.410 e. The molecular formula is C27H31N5O3S. The zero-order chi connectivity index (χ0) is 25.4. The molecule has 5 rings (SSSR count). The van der Waals surface area contributed by atoms with Gasteiger partial charge in [-0.05, 0) is 63.6 Å². The monoisotopic (exact) mass is 505 g/mol. The molecule has 0 saturated carbocycles. The summed E-state index contributed by atoms with van der Waals surface area (Å²) in [6.07, 6.45) is 4.18. The second-order valence-corrected chi connectivity index (χ2v) is 11.7. The molecule has 1 unspecified atom stereocenters. The molecule has 2 aromatic heterocycles. The van der Waals surface area contributed by atoms with Gasteiger partial charge in [0, 0.05) is 42.3 Å². The highest BCUT2D eigenvalue weighted by atomic mass is 32.1. The molecule has 0 bridgehead atoms. The third-order valence-electron chi connectivity index (χ3n) is 6.68. The van der Waals surface area contributed by atoms with Crippen LogP contribution in [0.4, 0.5) is 16.2 Å². The number of aryl methyl sites for hydroxylation is 1. The molecule has 0 aliphatic carbocycles. The quantitative estimate of drug-likeness (QED) is 0.478. The van der Waals surface area contributed by atoms with Crippen LogP contribution in [0, 0.1) is 12.5 Å². The van der Waals surface area contributed by atoms with Crippen molar-refractivity contribution in [2.45, 2.75) is 52.2 Å². The molecule has 1 aromatic carbocycles. The summed E-state index contributed by atoms with van der Waals surface area (Å²) >= 11 is 1.50. The lowest BCUT2D eigenvalue weighted by Gasteiger charge is -2.35. The Labute approximate surface area is 215 Å². The molecule has 3 aromatic rings. The summed E-state index contributed by atoms with van der Waals surface area (Å²) in [4.78, 5) is 30.5. The molecule has 188 valence electrons. The van der Waals surface area contributed by atoms with E-state index in [1.54, 1.807) is 6.33 Å². The first-order valence-corrected chi connectivity index (χ1v) is 13.2. The molecule has 1 N–H and O–H groups in total. The number of fused-ring (bicyclic) bond motifs is 2. The molecule has 9 heteroatoms. The second kappa shape index (κ2) is 9.68. The first-order chi connectivity index (χ1) is 17.3. The van der Waals surface area contributed by atoms with Crippen molar-refractivity contribution in [3.63, 3.8) is 0 Å². The first-order valence-electron chi connectivity index (χ1n) is 12.4. The Bertz CT molecular complexity index is 1340. The number of thiophene rings is 1. The average molecular weight is 506 g/mol. The van der Waals surface area contributed by atoms with Gasteiger partial charge in [-0.3, -0.25) is 0 Å². The van der Waals surface area contributed by atoms with Gasteiger partial charge in [-0.15, -0.1) is 11.3 Å².